The molecule has 2 bridgehead atoms. The third kappa shape index (κ3) is 1.86. The van der Waals surface area contributed by atoms with Gasteiger partial charge in [0.05, 0.1) is 5.88 Å². The lowest BCUT2D eigenvalue weighted by Crippen LogP contribution is -2.18. The number of aryl methyl sites for hydroxylation is 1. The first kappa shape index (κ1) is 12.6. The Morgan fingerprint density at radius 1 is 1.35 bits per heavy atom. The Hall–Kier alpha value is -1.09. The zero-order valence-corrected chi connectivity index (χ0v) is 12.6. The van der Waals surface area contributed by atoms with Crippen LogP contribution < -0.4 is 0 Å². The zero-order chi connectivity index (χ0) is 13.7. The van der Waals surface area contributed by atoms with Gasteiger partial charge < -0.3 is 4.57 Å². The van der Waals surface area contributed by atoms with Gasteiger partial charge in [0, 0.05) is 12.7 Å². The van der Waals surface area contributed by atoms with Crippen LogP contribution in [0.15, 0.2) is 12.3 Å². The normalized spacial score (nSPS) is 28.6. The first-order chi connectivity index (χ1) is 9.76. The van der Waals surface area contributed by atoms with Crippen molar-refractivity contribution in [1.29, 1.82) is 0 Å². The first-order valence-corrected chi connectivity index (χ1v) is 8.16. The number of imidazole rings is 1. The summed E-state index contributed by atoms with van der Waals surface area (Å²) in [5, 5.41) is 0. The molecule has 0 aromatic carbocycles. The molecule has 0 radical (unpaired) electrons. The quantitative estimate of drug-likeness (QED) is 0.802. The molecular formula is C16H20ClN3. The van der Waals surface area contributed by atoms with Crippen molar-refractivity contribution in [3.05, 3.63) is 23.7 Å². The minimum absolute atomic E-state index is 0.469. The summed E-state index contributed by atoms with van der Waals surface area (Å²) in [6.45, 7) is 3.15. The van der Waals surface area contributed by atoms with Crippen LogP contribution in [0.1, 0.15) is 37.1 Å². The van der Waals surface area contributed by atoms with E-state index in [1.165, 1.54) is 31.2 Å². The highest BCUT2D eigenvalue weighted by Gasteiger charge is 2.39. The van der Waals surface area contributed by atoms with Gasteiger partial charge in [-0.15, -0.1) is 11.6 Å². The second-order valence-corrected chi connectivity index (χ2v) is 6.77. The van der Waals surface area contributed by atoms with E-state index in [1.807, 2.05) is 12.3 Å². The van der Waals surface area contributed by atoms with Crippen molar-refractivity contribution in [2.75, 3.05) is 0 Å². The van der Waals surface area contributed by atoms with Crippen molar-refractivity contribution in [1.82, 2.24) is 14.5 Å². The maximum atomic E-state index is 6.11. The van der Waals surface area contributed by atoms with Crippen LogP contribution in [0.2, 0.25) is 0 Å². The molecule has 2 saturated carbocycles. The van der Waals surface area contributed by atoms with E-state index in [0.29, 0.717) is 5.88 Å². The van der Waals surface area contributed by atoms with Crippen molar-refractivity contribution < 1.29 is 0 Å². The van der Waals surface area contributed by atoms with Gasteiger partial charge in [-0.25, -0.2) is 9.97 Å². The first-order valence-electron chi connectivity index (χ1n) is 7.63. The summed E-state index contributed by atoms with van der Waals surface area (Å²) in [6, 6.07) is 2.02. The predicted octanol–water partition coefficient (Wildman–Crippen LogP) is 3.91. The summed E-state index contributed by atoms with van der Waals surface area (Å²) >= 11 is 6.11. The van der Waals surface area contributed by atoms with Gasteiger partial charge in [-0.1, -0.05) is 6.42 Å². The van der Waals surface area contributed by atoms with Gasteiger partial charge in [0.1, 0.15) is 11.3 Å². The second-order valence-electron chi connectivity index (χ2n) is 6.51. The number of pyridine rings is 1. The van der Waals surface area contributed by atoms with Crippen molar-refractivity contribution >= 4 is 22.8 Å². The molecule has 2 fully saturated rings. The summed E-state index contributed by atoms with van der Waals surface area (Å²) < 4.78 is 2.28. The number of fused-ring (bicyclic) bond motifs is 3. The number of aromatic nitrogens is 3. The summed E-state index contributed by atoms with van der Waals surface area (Å²) in [5.74, 6) is 4.15. The smallest absolute Gasteiger partial charge is 0.160 e. The molecule has 0 aliphatic heterocycles. The molecule has 0 N–H and O–H groups in total. The molecule has 3 unspecified atom stereocenters. The predicted molar refractivity (Wildman–Crippen MR) is 80.8 cm³/mol. The fourth-order valence-corrected chi connectivity index (χ4v) is 4.52. The lowest BCUT2D eigenvalue weighted by molar-refractivity contribution is 0.296. The number of halogens is 1. The van der Waals surface area contributed by atoms with Crippen LogP contribution in [0.5, 0.6) is 0 Å². The second kappa shape index (κ2) is 4.73. The Morgan fingerprint density at radius 2 is 2.25 bits per heavy atom. The minimum Gasteiger partial charge on any atom is -0.311 e. The Morgan fingerprint density at radius 3 is 2.95 bits per heavy atom. The molecule has 106 valence electrons. The Bertz CT molecular complexity index is 648. The average Bonchev–Trinajstić information content (AvgIpc) is 3.14. The van der Waals surface area contributed by atoms with Gasteiger partial charge in [0.25, 0.3) is 0 Å². The molecule has 3 nitrogen and oxygen atoms in total. The van der Waals surface area contributed by atoms with E-state index < -0.39 is 0 Å². The molecule has 2 aliphatic rings. The zero-order valence-electron chi connectivity index (χ0n) is 11.8. The highest BCUT2D eigenvalue weighted by molar-refractivity contribution is 6.16. The molecule has 3 atom stereocenters. The van der Waals surface area contributed by atoms with E-state index in [2.05, 4.69) is 16.5 Å². The molecule has 4 heteroatoms. The lowest BCUT2D eigenvalue weighted by Gasteiger charge is -2.22. The van der Waals surface area contributed by atoms with Gasteiger partial charge in [-0.2, -0.15) is 0 Å². The van der Waals surface area contributed by atoms with Crippen LogP contribution in [-0.4, -0.2) is 14.5 Å². The molecule has 2 heterocycles. The van der Waals surface area contributed by atoms with Crippen molar-refractivity contribution in [3.8, 4) is 0 Å². The number of rotatable bonds is 3. The highest BCUT2D eigenvalue weighted by atomic mass is 35.5. The third-order valence-corrected chi connectivity index (χ3v) is 5.57. The number of hydrogen-bond donors (Lipinski definition) is 0. The SMILES string of the molecule is Cc1ccnc2c1nc(CCl)n2CC1CC2CCC1C2. The van der Waals surface area contributed by atoms with E-state index >= 15 is 0 Å². The number of nitrogens with zero attached hydrogens (tertiary/aromatic N) is 3. The van der Waals surface area contributed by atoms with Crippen LogP contribution in [0.3, 0.4) is 0 Å². The molecule has 0 saturated heterocycles. The van der Waals surface area contributed by atoms with Crippen LogP contribution in [0.4, 0.5) is 0 Å². The average molecular weight is 290 g/mol. The van der Waals surface area contributed by atoms with E-state index in [0.717, 1.165) is 41.3 Å². The Labute approximate surface area is 124 Å². The van der Waals surface area contributed by atoms with E-state index in [9.17, 15) is 0 Å². The standard InChI is InChI=1S/C16H20ClN3/c1-10-4-5-18-16-15(10)19-14(8-17)20(16)9-13-7-11-2-3-12(13)6-11/h4-5,11-13H,2-3,6-9H2,1H3. The highest BCUT2D eigenvalue weighted by Crippen LogP contribution is 2.49. The maximum Gasteiger partial charge on any atom is 0.160 e. The van der Waals surface area contributed by atoms with Gasteiger partial charge in [-0.3, -0.25) is 0 Å². The molecule has 0 spiro atoms. The van der Waals surface area contributed by atoms with Gasteiger partial charge in [0.2, 0.25) is 0 Å². The number of hydrogen-bond acceptors (Lipinski definition) is 2. The van der Waals surface area contributed by atoms with Crippen molar-refractivity contribution in [2.24, 2.45) is 17.8 Å². The van der Waals surface area contributed by atoms with E-state index in [-0.39, 0.29) is 0 Å². The van der Waals surface area contributed by atoms with Crippen LogP contribution in [0, 0.1) is 24.7 Å². The maximum absolute atomic E-state index is 6.11. The lowest BCUT2D eigenvalue weighted by atomic mass is 9.89. The molecule has 2 aliphatic carbocycles. The Balaban J connectivity index is 1.73. The number of alkyl halides is 1. The molecule has 2 aromatic heterocycles. The summed E-state index contributed by atoms with van der Waals surface area (Å²) in [7, 11) is 0. The topological polar surface area (TPSA) is 30.7 Å². The molecule has 2 aromatic rings. The molecule has 20 heavy (non-hydrogen) atoms. The van der Waals surface area contributed by atoms with Crippen LogP contribution in [-0.2, 0) is 12.4 Å². The van der Waals surface area contributed by atoms with Crippen molar-refractivity contribution in [2.45, 2.75) is 45.0 Å². The van der Waals surface area contributed by atoms with Gasteiger partial charge in [0.15, 0.2) is 5.65 Å². The van der Waals surface area contributed by atoms with Gasteiger partial charge in [-0.05, 0) is 55.6 Å². The van der Waals surface area contributed by atoms with Gasteiger partial charge >= 0.3 is 0 Å². The largest absolute Gasteiger partial charge is 0.311 e. The summed E-state index contributed by atoms with van der Waals surface area (Å²) in [5.41, 5.74) is 3.22. The summed E-state index contributed by atoms with van der Waals surface area (Å²) in [4.78, 5) is 9.26. The molecule has 0 amide bonds. The fourth-order valence-electron chi connectivity index (χ4n) is 4.31. The fraction of sp³-hybridized carbons (Fsp3) is 0.625. The van der Waals surface area contributed by atoms with Crippen molar-refractivity contribution in [3.63, 3.8) is 0 Å². The third-order valence-electron chi connectivity index (χ3n) is 5.34. The van der Waals surface area contributed by atoms with Crippen LogP contribution in [0.25, 0.3) is 11.2 Å². The van der Waals surface area contributed by atoms with E-state index in [1.54, 1.807) is 0 Å². The minimum atomic E-state index is 0.469. The Kier molecular flexibility index (Phi) is 2.99. The summed E-state index contributed by atoms with van der Waals surface area (Å²) in [6.07, 6.45) is 7.59. The molecule has 4 rings (SSSR count). The molecular weight excluding hydrogens is 270 g/mol. The van der Waals surface area contributed by atoms with Crippen LogP contribution >= 0.6 is 11.6 Å². The van der Waals surface area contributed by atoms with E-state index in [4.69, 9.17) is 16.6 Å². The monoisotopic (exact) mass is 289 g/mol.